The van der Waals surface area contributed by atoms with E-state index in [1.807, 2.05) is 49.3 Å². The highest BCUT2D eigenvalue weighted by atomic mass is 35.5. The fourth-order valence-electron chi connectivity index (χ4n) is 2.98. The molecule has 0 aliphatic heterocycles. The molecule has 1 aromatic heterocycles. The molecule has 1 aromatic carbocycles. The SMILES string of the molecule is CNC(CSc1cccc(Cl)c1)C1CCc2cccnc21. The lowest BCUT2D eigenvalue weighted by molar-refractivity contribution is 0.491. The Hall–Kier alpha value is -1.03. The fourth-order valence-corrected chi connectivity index (χ4v) is 4.39. The molecule has 2 unspecified atom stereocenters. The van der Waals surface area contributed by atoms with E-state index in [0.29, 0.717) is 12.0 Å². The van der Waals surface area contributed by atoms with Crippen molar-refractivity contribution in [3.05, 3.63) is 58.9 Å². The van der Waals surface area contributed by atoms with E-state index in [9.17, 15) is 0 Å². The molecule has 1 heterocycles. The highest BCUT2D eigenvalue weighted by Gasteiger charge is 2.29. The standard InChI is InChI=1S/C17H19ClN2S/c1-19-16(11-21-14-6-2-5-13(18)10-14)15-8-7-12-4-3-9-20-17(12)15/h2-6,9-10,15-16,19H,7-8,11H2,1H3. The van der Waals surface area contributed by atoms with Crippen LogP contribution in [0.15, 0.2) is 47.5 Å². The molecule has 0 saturated heterocycles. The summed E-state index contributed by atoms with van der Waals surface area (Å²) < 4.78 is 0. The zero-order chi connectivity index (χ0) is 14.7. The largest absolute Gasteiger partial charge is 0.315 e. The predicted octanol–water partition coefficient (Wildman–Crippen LogP) is 4.15. The van der Waals surface area contributed by atoms with Crippen LogP contribution in [0.25, 0.3) is 0 Å². The first-order valence-electron chi connectivity index (χ1n) is 7.27. The Labute approximate surface area is 135 Å². The summed E-state index contributed by atoms with van der Waals surface area (Å²) in [6.07, 6.45) is 4.25. The number of thioether (sulfide) groups is 1. The average molecular weight is 319 g/mol. The summed E-state index contributed by atoms with van der Waals surface area (Å²) in [6, 6.07) is 12.7. The second kappa shape index (κ2) is 6.82. The van der Waals surface area contributed by atoms with E-state index in [-0.39, 0.29) is 0 Å². The third-order valence-corrected chi connectivity index (χ3v) is 5.43. The number of benzene rings is 1. The highest BCUT2D eigenvalue weighted by Crippen LogP contribution is 2.35. The molecular formula is C17H19ClN2S. The summed E-state index contributed by atoms with van der Waals surface area (Å²) in [4.78, 5) is 5.83. The van der Waals surface area contributed by atoms with Gasteiger partial charge in [-0.25, -0.2) is 0 Å². The van der Waals surface area contributed by atoms with Crippen LogP contribution in [-0.2, 0) is 6.42 Å². The van der Waals surface area contributed by atoms with Crippen LogP contribution in [0.5, 0.6) is 0 Å². The summed E-state index contributed by atoms with van der Waals surface area (Å²) in [5.41, 5.74) is 2.69. The monoisotopic (exact) mass is 318 g/mol. The minimum Gasteiger partial charge on any atom is -0.315 e. The number of rotatable bonds is 5. The molecule has 2 atom stereocenters. The van der Waals surface area contributed by atoms with E-state index < -0.39 is 0 Å². The molecule has 3 rings (SSSR count). The molecule has 0 saturated carbocycles. The summed E-state index contributed by atoms with van der Waals surface area (Å²) in [7, 11) is 2.05. The Morgan fingerprint density at radius 3 is 3.10 bits per heavy atom. The van der Waals surface area contributed by atoms with Gasteiger partial charge in [0, 0.05) is 39.5 Å². The van der Waals surface area contributed by atoms with E-state index in [1.165, 1.54) is 22.6 Å². The average Bonchev–Trinajstić information content (AvgIpc) is 2.92. The predicted molar refractivity (Wildman–Crippen MR) is 90.3 cm³/mol. The van der Waals surface area contributed by atoms with Gasteiger partial charge < -0.3 is 5.32 Å². The first kappa shape index (κ1) is 14.9. The van der Waals surface area contributed by atoms with Crippen LogP contribution < -0.4 is 5.32 Å². The Balaban J connectivity index is 1.69. The van der Waals surface area contributed by atoms with Crippen molar-refractivity contribution in [1.29, 1.82) is 0 Å². The molecule has 110 valence electrons. The number of nitrogens with zero attached hydrogens (tertiary/aromatic N) is 1. The molecule has 21 heavy (non-hydrogen) atoms. The van der Waals surface area contributed by atoms with Crippen LogP contribution in [-0.4, -0.2) is 23.8 Å². The second-order valence-corrected chi connectivity index (χ2v) is 6.89. The van der Waals surface area contributed by atoms with E-state index in [0.717, 1.165) is 17.2 Å². The Morgan fingerprint density at radius 2 is 2.29 bits per heavy atom. The van der Waals surface area contributed by atoms with Gasteiger partial charge in [0.25, 0.3) is 0 Å². The van der Waals surface area contributed by atoms with Crippen molar-refractivity contribution in [2.24, 2.45) is 0 Å². The van der Waals surface area contributed by atoms with E-state index >= 15 is 0 Å². The van der Waals surface area contributed by atoms with Gasteiger partial charge in [-0.15, -0.1) is 11.8 Å². The van der Waals surface area contributed by atoms with Crippen molar-refractivity contribution >= 4 is 23.4 Å². The van der Waals surface area contributed by atoms with Gasteiger partial charge in [0.1, 0.15) is 0 Å². The number of halogens is 1. The molecule has 2 nitrogen and oxygen atoms in total. The van der Waals surface area contributed by atoms with Gasteiger partial charge in [0.2, 0.25) is 0 Å². The second-order valence-electron chi connectivity index (χ2n) is 5.36. The number of hydrogen-bond acceptors (Lipinski definition) is 3. The van der Waals surface area contributed by atoms with Crippen molar-refractivity contribution in [2.45, 2.75) is 29.7 Å². The topological polar surface area (TPSA) is 24.9 Å². The van der Waals surface area contributed by atoms with Crippen LogP contribution in [0.2, 0.25) is 5.02 Å². The number of pyridine rings is 1. The molecule has 0 amide bonds. The molecule has 1 N–H and O–H groups in total. The van der Waals surface area contributed by atoms with Crippen LogP contribution in [0.4, 0.5) is 0 Å². The maximum absolute atomic E-state index is 6.05. The minimum atomic E-state index is 0.435. The van der Waals surface area contributed by atoms with Gasteiger partial charge in [0.15, 0.2) is 0 Å². The van der Waals surface area contributed by atoms with Crippen molar-refractivity contribution in [1.82, 2.24) is 10.3 Å². The molecule has 4 heteroatoms. The molecular weight excluding hydrogens is 300 g/mol. The van der Waals surface area contributed by atoms with Gasteiger partial charge in [0.05, 0.1) is 0 Å². The number of aromatic nitrogens is 1. The Kier molecular flexibility index (Phi) is 4.84. The van der Waals surface area contributed by atoms with Crippen LogP contribution in [0, 0.1) is 0 Å². The van der Waals surface area contributed by atoms with Crippen molar-refractivity contribution < 1.29 is 0 Å². The summed E-state index contributed by atoms with van der Waals surface area (Å²) in [5.74, 6) is 1.54. The smallest absolute Gasteiger partial charge is 0.0482 e. The molecule has 1 aliphatic rings. The fraction of sp³-hybridized carbons (Fsp3) is 0.353. The summed E-state index contributed by atoms with van der Waals surface area (Å²) >= 11 is 7.90. The molecule has 0 radical (unpaired) electrons. The zero-order valence-electron chi connectivity index (χ0n) is 12.1. The number of hydrogen-bond donors (Lipinski definition) is 1. The van der Waals surface area contributed by atoms with Crippen molar-refractivity contribution in [2.75, 3.05) is 12.8 Å². The molecule has 0 spiro atoms. The Bertz CT molecular complexity index is 617. The first-order chi connectivity index (χ1) is 10.3. The van der Waals surface area contributed by atoms with Crippen molar-refractivity contribution in [3.8, 4) is 0 Å². The van der Waals surface area contributed by atoms with Gasteiger partial charge in [-0.05, 0) is 49.7 Å². The van der Waals surface area contributed by atoms with E-state index in [2.05, 4.69) is 22.4 Å². The van der Waals surface area contributed by atoms with Gasteiger partial charge in [-0.1, -0.05) is 23.7 Å². The Morgan fingerprint density at radius 1 is 1.38 bits per heavy atom. The molecule has 2 aromatic rings. The maximum atomic E-state index is 6.05. The van der Waals surface area contributed by atoms with Gasteiger partial charge in [-0.2, -0.15) is 0 Å². The zero-order valence-corrected chi connectivity index (χ0v) is 13.6. The lowest BCUT2D eigenvalue weighted by Crippen LogP contribution is -2.33. The normalized spacial score (nSPS) is 18.5. The maximum Gasteiger partial charge on any atom is 0.0482 e. The quantitative estimate of drug-likeness (QED) is 0.838. The lowest BCUT2D eigenvalue weighted by atomic mass is 9.98. The summed E-state index contributed by atoms with van der Waals surface area (Å²) in [5, 5.41) is 4.28. The molecule has 1 aliphatic carbocycles. The number of nitrogens with one attached hydrogen (secondary N) is 1. The number of fused-ring (bicyclic) bond motifs is 1. The highest BCUT2D eigenvalue weighted by molar-refractivity contribution is 7.99. The van der Waals surface area contributed by atoms with Crippen LogP contribution in [0.3, 0.4) is 0 Å². The minimum absolute atomic E-state index is 0.435. The van der Waals surface area contributed by atoms with Crippen molar-refractivity contribution in [3.63, 3.8) is 0 Å². The van der Waals surface area contributed by atoms with E-state index in [1.54, 1.807) is 0 Å². The number of aryl methyl sites for hydroxylation is 1. The van der Waals surface area contributed by atoms with Crippen LogP contribution in [0.1, 0.15) is 23.6 Å². The third kappa shape index (κ3) is 3.42. The van der Waals surface area contributed by atoms with E-state index in [4.69, 9.17) is 11.6 Å². The van der Waals surface area contributed by atoms with Crippen LogP contribution >= 0.6 is 23.4 Å². The van der Waals surface area contributed by atoms with Gasteiger partial charge >= 0.3 is 0 Å². The molecule has 0 fully saturated rings. The summed E-state index contributed by atoms with van der Waals surface area (Å²) in [6.45, 7) is 0. The van der Waals surface area contributed by atoms with Gasteiger partial charge in [-0.3, -0.25) is 4.98 Å². The lowest BCUT2D eigenvalue weighted by Gasteiger charge is -2.23. The third-order valence-electron chi connectivity index (χ3n) is 4.08. The molecule has 0 bridgehead atoms. The number of likely N-dealkylation sites (N-methyl/N-ethyl adjacent to an activating group) is 1. The first-order valence-corrected chi connectivity index (χ1v) is 8.63.